The van der Waals surface area contributed by atoms with Crippen LogP contribution in [0.1, 0.15) is 27.0 Å². The van der Waals surface area contributed by atoms with Crippen molar-refractivity contribution in [1.29, 1.82) is 0 Å². The average Bonchev–Trinajstić information content (AvgIpc) is 3.59. The number of cyclic esters (lactones) is 1. The van der Waals surface area contributed by atoms with Crippen LogP contribution in [0.3, 0.4) is 0 Å². The normalized spacial score (nSPS) is 12.5. The molecule has 0 atom stereocenters. The van der Waals surface area contributed by atoms with E-state index in [1.54, 1.807) is 28.4 Å². The number of fused-ring (bicyclic) bond motifs is 1. The van der Waals surface area contributed by atoms with Gasteiger partial charge in [0.05, 0.1) is 34.0 Å². The molecule has 9 heteroatoms. The van der Waals surface area contributed by atoms with Crippen molar-refractivity contribution < 1.29 is 28.5 Å². The lowest BCUT2D eigenvalue weighted by atomic mass is 9.79. The minimum Gasteiger partial charge on any atom is -0.497 e. The van der Waals surface area contributed by atoms with Crippen LogP contribution in [0.15, 0.2) is 164 Å². The molecule has 0 saturated carbocycles. The zero-order valence-corrected chi connectivity index (χ0v) is 33.9. The Morgan fingerprint density at radius 2 is 0.695 bits per heavy atom. The smallest absolute Gasteiger partial charge is 0.340 e. The van der Waals surface area contributed by atoms with Crippen molar-refractivity contribution in [3.05, 3.63) is 186 Å². The summed E-state index contributed by atoms with van der Waals surface area (Å²) in [7, 11) is 10.6. The van der Waals surface area contributed by atoms with Crippen LogP contribution in [0, 0.1) is 0 Å². The summed E-state index contributed by atoms with van der Waals surface area (Å²) < 4.78 is 28.5. The first-order valence-electron chi connectivity index (χ1n) is 19.2. The molecule has 0 saturated heterocycles. The van der Waals surface area contributed by atoms with Crippen LogP contribution >= 0.6 is 0 Å². The molecule has 296 valence electrons. The van der Waals surface area contributed by atoms with Crippen molar-refractivity contribution >= 4 is 45.8 Å². The number of hydrogen-bond acceptors (Lipinski definition) is 9. The summed E-state index contributed by atoms with van der Waals surface area (Å²) in [6.45, 7) is 0. The van der Waals surface area contributed by atoms with Gasteiger partial charge in [-0.3, -0.25) is 0 Å². The molecule has 0 aliphatic carbocycles. The van der Waals surface area contributed by atoms with Gasteiger partial charge in [0.1, 0.15) is 23.0 Å². The van der Waals surface area contributed by atoms with E-state index in [0.29, 0.717) is 5.56 Å². The quantitative estimate of drug-likeness (QED) is 0.106. The van der Waals surface area contributed by atoms with E-state index in [1.165, 1.54) is 0 Å². The molecule has 0 spiro atoms. The number of nitrogens with zero attached hydrogens (tertiary/aromatic N) is 3. The number of carbonyl (C=O) groups excluding carboxylic acids is 1. The summed E-state index contributed by atoms with van der Waals surface area (Å²) in [4.78, 5) is 20.3. The van der Waals surface area contributed by atoms with Crippen LogP contribution in [0.5, 0.6) is 23.0 Å². The van der Waals surface area contributed by atoms with Crippen molar-refractivity contribution in [2.24, 2.45) is 0 Å². The zero-order chi connectivity index (χ0) is 41.1. The van der Waals surface area contributed by atoms with E-state index in [2.05, 4.69) is 34.1 Å². The Hall–Kier alpha value is -7.39. The molecule has 0 fully saturated rings. The van der Waals surface area contributed by atoms with Crippen molar-refractivity contribution in [3.63, 3.8) is 0 Å². The van der Waals surface area contributed by atoms with E-state index in [4.69, 9.17) is 23.7 Å². The molecule has 0 N–H and O–H groups in total. The third kappa shape index (κ3) is 7.23. The van der Waals surface area contributed by atoms with Gasteiger partial charge in [-0.25, -0.2) is 4.79 Å². The van der Waals surface area contributed by atoms with Crippen LogP contribution in [0.2, 0.25) is 0 Å². The van der Waals surface area contributed by atoms with Gasteiger partial charge in [0.15, 0.2) is 5.60 Å². The van der Waals surface area contributed by atoms with E-state index in [-0.39, 0.29) is 5.97 Å². The number of esters is 1. The first-order valence-corrected chi connectivity index (χ1v) is 19.2. The predicted octanol–water partition coefficient (Wildman–Crippen LogP) is 11.2. The molecular weight excluding hydrogens is 739 g/mol. The molecule has 0 bridgehead atoms. The van der Waals surface area contributed by atoms with E-state index in [1.807, 2.05) is 159 Å². The first kappa shape index (κ1) is 38.5. The maximum Gasteiger partial charge on any atom is 0.340 e. The van der Waals surface area contributed by atoms with E-state index >= 15 is 0 Å². The fourth-order valence-electron chi connectivity index (χ4n) is 7.64. The van der Waals surface area contributed by atoms with Crippen molar-refractivity contribution in [2.75, 3.05) is 57.2 Å². The lowest BCUT2D eigenvalue weighted by molar-refractivity contribution is 0.0251. The summed E-state index contributed by atoms with van der Waals surface area (Å²) in [5.41, 5.74) is 8.21. The highest BCUT2D eigenvalue weighted by Crippen LogP contribution is 2.49. The van der Waals surface area contributed by atoms with Crippen LogP contribution < -0.4 is 33.6 Å². The maximum atomic E-state index is 14.0. The van der Waals surface area contributed by atoms with Gasteiger partial charge in [-0.15, -0.1) is 0 Å². The second-order valence-corrected chi connectivity index (χ2v) is 14.3. The SMILES string of the molecule is COc1ccc(N(c2ccc(OC)cc2)c2ccc(C3(c4ccc(N(c5ccc(OC)cc5)c5ccc(OC)cc5)cc4)OC(=O)c4cc(N(C)C)ccc43)cc2)cc1. The van der Waals surface area contributed by atoms with E-state index in [0.717, 1.165) is 79.5 Å². The Bertz CT molecular complexity index is 2300. The molecule has 9 nitrogen and oxygen atoms in total. The van der Waals surface area contributed by atoms with Gasteiger partial charge in [0.25, 0.3) is 0 Å². The second-order valence-electron chi connectivity index (χ2n) is 14.3. The Balaban J connectivity index is 1.25. The van der Waals surface area contributed by atoms with Crippen molar-refractivity contribution in [3.8, 4) is 23.0 Å². The minimum absolute atomic E-state index is 0.381. The molecule has 0 unspecified atom stereocenters. The van der Waals surface area contributed by atoms with Gasteiger partial charge in [-0.1, -0.05) is 30.3 Å². The minimum atomic E-state index is -1.23. The monoisotopic (exact) mass is 783 g/mol. The average molecular weight is 784 g/mol. The van der Waals surface area contributed by atoms with Gasteiger partial charge in [-0.05, 0) is 133 Å². The zero-order valence-electron chi connectivity index (χ0n) is 33.9. The number of hydrogen-bond donors (Lipinski definition) is 0. The highest BCUT2D eigenvalue weighted by molar-refractivity contribution is 5.97. The Morgan fingerprint density at radius 3 is 0.983 bits per heavy atom. The largest absolute Gasteiger partial charge is 0.497 e. The van der Waals surface area contributed by atoms with Gasteiger partial charge < -0.3 is 38.4 Å². The van der Waals surface area contributed by atoms with Crippen molar-refractivity contribution in [1.82, 2.24) is 0 Å². The molecule has 7 aromatic rings. The van der Waals surface area contributed by atoms with E-state index in [9.17, 15) is 4.79 Å². The lowest BCUT2D eigenvalue weighted by Crippen LogP contribution is -2.29. The van der Waals surface area contributed by atoms with Crippen LogP contribution in [0.4, 0.5) is 39.8 Å². The highest BCUT2D eigenvalue weighted by atomic mass is 16.6. The molecule has 0 radical (unpaired) electrons. The van der Waals surface area contributed by atoms with Gasteiger partial charge >= 0.3 is 5.97 Å². The highest BCUT2D eigenvalue weighted by Gasteiger charge is 2.49. The first-order chi connectivity index (χ1) is 28.8. The fraction of sp³-hybridized carbons (Fsp3) is 0.140. The number of benzene rings is 7. The fourth-order valence-corrected chi connectivity index (χ4v) is 7.64. The molecule has 1 heterocycles. The molecule has 7 aromatic carbocycles. The molecule has 59 heavy (non-hydrogen) atoms. The Labute approximate surface area is 345 Å². The third-order valence-electron chi connectivity index (χ3n) is 10.8. The molecule has 8 rings (SSSR count). The van der Waals surface area contributed by atoms with Gasteiger partial charge in [0.2, 0.25) is 0 Å². The maximum absolute atomic E-state index is 14.0. The Kier molecular flexibility index (Phi) is 10.6. The predicted molar refractivity (Wildman–Crippen MR) is 235 cm³/mol. The molecule has 0 aromatic heterocycles. The topological polar surface area (TPSA) is 72.9 Å². The number of anilines is 7. The third-order valence-corrected chi connectivity index (χ3v) is 10.8. The second kappa shape index (κ2) is 16.2. The molecular formula is C50H45N3O6. The molecule has 0 amide bonds. The summed E-state index contributed by atoms with van der Waals surface area (Å²) in [5, 5.41) is 0. The van der Waals surface area contributed by atoms with Crippen LogP contribution in [-0.4, -0.2) is 48.5 Å². The number of ether oxygens (including phenoxy) is 5. The van der Waals surface area contributed by atoms with Crippen LogP contribution in [-0.2, 0) is 10.3 Å². The Morgan fingerprint density at radius 1 is 0.407 bits per heavy atom. The van der Waals surface area contributed by atoms with Gasteiger partial charge in [-0.2, -0.15) is 0 Å². The number of methoxy groups -OCH3 is 4. The summed E-state index contributed by atoms with van der Waals surface area (Å²) >= 11 is 0. The van der Waals surface area contributed by atoms with Crippen molar-refractivity contribution in [2.45, 2.75) is 5.60 Å². The summed E-state index contributed by atoms with van der Waals surface area (Å²) in [5.74, 6) is 2.68. The standard InChI is InChI=1S/C50H45N3O6/c1-51(2)42-23-32-48-47(33-42)49(54)59-50(48,34-7-11-36(12-8-34)52(38-15-24-43(55-3)25-16-38)39-17-26-44(56-4)27-18-39)35-9-13-37(14-10-35)53(40-19-28-45(57-5)29-20-40)41-21-30-46(58-6)31-22-41/h7-33H,1-6H3. The molecule has 1 aliphatic heterocycles. The number of carbonyl (C=O) groups is 1. The summed E-state index contributed by atoms with van der Waals surface area (Å²) in [6, 6.07) is 54.2. The van der Waals surface area contributed by atoms with Crippen LogP contribution in [0.25, 0.3) is 0 Å². The lowest BCUT2D eigenvalue weighted by Gasteiger charge is -2.32. The number of rotatable bonds is 13. The van der Waals surface area contributed by atoms with E-state index < -0.39 is 5.60 Å². The summed E-state index contributed by atoms with van der Waals surface area (Å²) in [6.07, 6.45) is 0. The molecule has 1 aliphatic rings. The van der Waals surface area contributed by atoms with Gasteiger partial charge in [0, 0.05) is 70.6 Å².